The van der Waals surface area contributed by atoms with Crippen molar-refractivity contribution in [1.29, 1.82) is 0 Å². The maximum absolute atomic E-state index is 11.8. The maximum Gasteiger partial charge on any atom is 0.337 e. The zero-order valence-electron chi connectivity index (χ0n) is 16.1. The highest BCUT2D eigenvalue weighted by atomic mass is 28.3. The monoisotopic (exact) mass is 390 g/mol. The van der Waals surface area contributed by atoms with Gasteiger partial charge in [0, 0.05) is 37.7 Å². The van der Waals surface area contributed by atoms with E-state index in [0.717, 1.165) is 6.04 Å². The Morgan fingerprint density at radius 1 is 1.22 bits per heavy atom. The Bertz CT molecular complexity index is 842. The normalized spacial score (nSPS) is 11.4. The molecule has 9 heteroatoms. The lowest BCUT2D eigenvalue weighted by Gasteiger charge is -2.15. The summed E-state index contributed by atoms with van der Waals surface area (Å²) in [6, 6.07) is 5.74. The van der Waals surface area contributed by atoms with Crippen LogP contribution in [0.25, 0.3) is 11.1 Å². The summed E-state index contributed by atoms with van der Waals surface area (Å²) in [5, 5.41) is 4.22. The predicted octanol–water partition coefficient (Wildman–Crippen LogP) is 2.33. The fourth-order valence-electron chi connectivity index (χ4n) is 2.46. The third kappa shape index (κ3) is 5.41. The van der Waals surface area contributed by atoms with Crippen LogP contribution in [0.3, 0.4) is 0 Å². The molecule has 1 aromatic heterocycles. The smallest absolute Gasteiger partial charge is 0.337 e. The van der Waals surface area contributed by atoms with Crippen molar-refractivity contribution in [2.45, 2.75) is 32.4 Å². The number of carbonyl (C=O) groups excluding carboxylic acids is 2. The Morgan fingerprint density at radius 3 is 2.48 bits per heavy atom. The van der Waals surface area contributed by atoms with Crippen LogP contribution in [0.15, 0.2) is 24.4 Å². The number of nitrogens with zero attached hydrogens (tertiary/aromatic N) is 2. The number of benzene rings is 1. The molecule has 0 radical (unpaired) electrons. The van der Waals surface area contributed by atoms with Crippen molar-refractivity contribution in [3.8, 4) is 11.1 Å². The first-order chi connectivity index (χ1) is 12.6. The molecule has 0 atom stereocenters. The predicted molar refractivity (Wildman–Crippen MR) is 106 cm³/mol. The van der Waals surface area contributed by atoms with Crippen molar-refractivity contribution in [1.82, 2.24) is 9.78 Å². The van der Waals surface area contributed by atoms with E-state index in [2.05, 4.69) is 29.5 Å². The van der Waals surface area contributed by atoms with E-state index in [1.54, 1.807) is 18.3 Å². The zero-order valence-corrected chi connectivity index (χ0v) is 17.1. The van der Waals surface area contributed by atoms with Gasteiger partial charge in [0.05, 0.1) is 12.7 Å². The van der Waals surface area contributed by atoms with Gasteiger partial charge in [0.25, 0.3) is 5.91 Å². The minimum Gasteiger partial charge on any atom is -0.465 e. The number of ether oxygens (including phenoxy) is 2. The molecule has 2 aromatic rings. The number of aromatic nitrogens is 2. The second-order valence-corrected chi connectivity index (χ2v) is 13.1. The summed E-state index contributed by atoms with van der Waals surface area (Å²) >= 11 is 0. The highest BCUT2D eigenvalue weighted by Crippen LogP contribution is 2.29. The molecule has 0 saturated heterocycles. The second kappa shape index (κ2) is 8.36. The molecule has 0 aliphatic rings. The summed E-state index contributed by atoms with van der Waals surface area (Å²) in [6.07, 6.45) is 1.66. The Kier molecular flexibility index (Phi) is 6.40. The lowest BCUT2D eigenvalue weighted by molar-refractivity contribution is 0.0600. The Hall–Kier alpha value is -2.65. The van der Waals surface area contributed by atoms with Crippen molar-refractivity contribution in [2.75, 3.05) is 19.5 Å². The van der Waals surface area contributed by atoms with Gasteiger partial charge in [-0.2, -0.15) is 5.10 Å². The molecule has 8 nitrogen and oxygen atoms in total. The van der Waals surface area contributed by atoms with E-state index in [4.69, 9.17) is 16.2 Å². The summed E-state index contributed by atoms with van der Waals surface area (Å²) in [4.78, 5) is 23.4. The van der Waals surface area contributed by atoms with Crippen LogP contribution in [0.5, 0.6) is 0 Å². The van der Waals surface area contributed by atoms with Crippen LogP contribution in [0.4, 0.5) is 5.69 Å². The molecule has 1 heterocycles. The van der Waals surface area contributed by atoms with Crippen LogP contribution in [0.1, 0.15) is 20.8 Å². The summed E-state index contributed by atoms with van der Waals surface area (Å²) in [5.74, 6) is -1.16. The molecule has 146 valence electrons. The highest BCUT2D eigenvalue weighted by molar-refractivity contribution is 6.76. The first-order valence-corrected chi connectivity index (χ1v) is 12.3. The summed E-state index contributed by atoms with van der Waals surface area (Å²) in [5.41, 5.74) is 13.3. The molecule has 0 bridgehead atoms. The lowest BCUT2D eigenvalue weighted by atomic mass is 10.0. The summed E-state index contributed by atoms with van der Waals surface area (Å²) in [7, 11) is 0.115. The number of amides is 1. The average Bonchev–Trinajstić information content (AvgIpc) is 3.01. The number of hydrogen-bond acceptors (Lipinski definition) is 6. The topological polar surface area (TPSA) is 122 Å². The number of anilines is 1. The average molecular weight is 391 g/mol. The lowest BCUT2D eigenvalue weighted by Crippen LogP contribution is -2.22. The summed E-state index contributed by atoms with van der Waals surface area (Å²) < 4.78 is 11.9. The molecule has 4 N–H and O–H groups in total. The number of nitrogens with two attached hydrogens (primary N) is 2. The van der Waals surface area contributed by atoms with Gasteiger partial charge in [-0.05, 0) is 18.2 Å². The van der Waals surface area contributed by atoms with Crippen molar-refractivity contribution in [3.05, 3.63) is 35.7 Å². The van der Waals surface area contributed by atoms with Crippen LogP contribution >= 0.6 is 0 Å². The third-order valence-corrected chi connectivity index (χ3v) is 5.68. The van der Waals surface area contributed by atoms with Crippen LogP contribution in [0.2, 0.25) is 25.7 Å². The van der Waals surface area contributed by atoms with Gasteiger partial charge in [0.1, 0.15) is 6.73 Å². The van der Waals surface area contributed by atoms with E-state index >= 15 is 0 Å². The van der Waals surface area contributed by atoms with Gasteiger partial charge < -0.3 is 20.9 Å². The number of esters is 1. The molecule has 2 rings (SSSR count). The largest absolute Gasteiger partial charge is 0.465 e. The number of hydrogen-bond donors (Lipinski definition) is 2. The van der Waals surface area contributed by atoms with E-state index in [9.17, 15) is 9.59 Å². The maximum atomic E-state index is 11.8. The number of primary amides is 1. The molecule has 0 saturated carbocycles. The molecule has 0 fully saturated rings. The van der Waals surface area contributed by atoms with Gasteiger partial charge >= 0.3 is 5.97 Å². The quantitative estimate of drug-likeness (QED) is 0.309. The standard InChI is InChI=1S/C18H26N4O4Si/c1-25-18(24)12-5-6-13(15(19)9-12)14-10-22(21-16(14)17(20)23)11-26-7-8-27(2,3)4/h5-6,9-10H,7-8,11,19H2,1-4H3,(H2,20,23). The van der Waals surface area contributed by atoms with Crippen LogP contribution in [-0.4, -0.2) is 43.4 Å². The van der Waals surface area contributed by atoms with Crippen LogP contribution in [-0.2, 0) is 16.2 Å². The van der Waals surface area contributed by atoms with E-state index in [-0.39, 0.29) is 12.4 Å². The molecule has 1 aromatic carbocycles. The SMILES string of the molecule is COC(=O)c1ccc(-c2cn(COCC[Si](C)(C)C)nc2C(N)=O)c(N)c1. The number of rotatable bonds is 8. The highest BCUT2D eigenvalue weighted by Gasteiger charge is 2.19. The van der Waals surface area contributed by atoms with E-state index < -0.39 is 20.0 Å². The number of methoxy groups -OCH3 is 1. The van der Waals surface area contributed by atoms with Gasteiger partial charge in [-0.1, -0.05) is 25.7 Å². The number of carbonyl (C=O) groups is 2. The fourth-order valence-corrected chi connectivity index (χ4v) is 3.21. The van der Waals surface area contributed by atoms with Crippen molar-refractivity contribution in [3.63, 3.8) is 0 Å². The van der Waals surface area contributed by atoms with Crippen LogP contribution < -0.4 is 11.5 Å². The first-order valence-electron chi connectivity index (χ1n) is 8.55. The summed E-state index contributed by atoms with van der Waals surface area (Å²) in [6.45, 7) is 7.66. The first kappa shape index (κ1) is 20.7. The molecule has 0 aliphatic heterocycles. The molecule has 1 amide bonds. The molecule has 0 aliphatic carbocycles. The van der Waals surface area contributed by atoms with Crippen molar-refractivity contribution in [2.24, 2.45) is 5.73 Å². The van der Waals surface area contributed by atoms with E-state index in [1.807, 2.05) is 0 Å². The van der Waals surface area contributed by atoms with Crippen LogP contribution in [0, 0.1) is 0 Å². The third-order valence-electron chi connectivity index (χ3n) is 3.98. The van der Waals surface area contributed by atoms with Gasteiger partial charge in [-0.3, -0.25) is 4.79 Å². The molecular weight excluding hydrogens is 364 g/mol. The van der Waals surface area contributed by atoms with Crippen molar-refractivity contribution >= 4 is 25.6 Å². The van der Waals surface area contributed by atoms with Crippen molar-refractivity contribution < 1.29 is 19.1 Å². The van der Waals surface area contributed by atoms with Gasteiger partial charge in [-0.15, -0.1) is 0 Å². The minimum atomic E-state index is -1.18. The fraction of sp³-hybridized carbons (Fsp3) is 0.389. The molecule has 0 spiro atoms. The van der Waals surface area contributed by atoms with Gasteiger partial charge in [0.15, 0.2) is 5.69 Å². The molecular formula is C18H26N4O4Si. The molecule has 0 unspecified atom stereocenters. The van der Waals surface area contributed by atoms with Gasteiger partial charge in [0.2, 0.25) is 0 Å². The molecule has 27 heavy (non-hydrogen) atoms. The second-order valence-electron chi connectivity index (χ2n) is 7.44. The Morgan fingerprint density at radius 2 is 1.93 bits per heavy atom. The van der Waals surface area contributed by atoms with Gasteiger partial charge in [-0.25, -0.2) is 9.48 Å². The Labute approximate surface area is 159 Å². The Balaban J connectivity index is 2.25. The van der Waals surface area contributed by atoms with E-state index in [0.29, 0.717) is 29.0 Å². The number of nitrogen functional groups attached to an aromatic ring is 1. The zero-order chi connectivity index (χ0) is 20.2. The van der Waals surface area contributed by atoms with E-state index in [1.165, 1.54) is 17.9 Å². The minimum absolute atomic E-state index is 0.0984.